The van der Waals surface area contributed by atoms with Gasteiger partial charge in [0.2, 0.25) is 0 Å². The summed E-state index contributed by atoms with van der Waals surface area (Å²) in [5.74, 6) is -1.66. The van der Waals surface area contributed by atoms with E-state index in [-0.39, 0.29) is 5.56 Å². The fraction of sp³-hybridized carbons (Fsp3) is 0.133. The van der Waals surface area contributed by atoms with E-state index in [1.54, 1.807) is 0 Å². The van der Waals surface area contributed by atoms with E-state index in [0.717, 1.165) is 10.1 Å². The van der Waals surface area contributed by atoms with Crippen molar-refractivity contribution in [2.24, 2.45) is 0 Å². The first kappa shape index (κ1) is 14.5. The van der Waals surface area contributed by atoms with Gasteiger partial charge in [0.05, 0.1) is 0 Å². The van der Waals surface area contributed by atoms with Gasteiger partial charge in [-0.2, -0.15) is 0 Å². The summed E-state index contributed by atoms with van der Waals surface area (Å²) in [6, 6.07) is 12.1. The van der Waals surface area contributed by atoms with Crippen LogP contribution < -0.4 is 10.9 Å². The maximum Gasteiger partial charge on any atom is 0.323 e. The van der Waals surface area contributed by atoms with Gasteiger partial charge in [0.1, 0.15) is 12.1 Å². The molecule has 0 atom stereocenters. The van der Waals surface area contributed by atoms with E-state index < -0.39 is 24.0 Å². The Morgan fingerprint density at radius 3 is 2.48 bits per heavy atom. The highest BCUT2D eigenvalue weighted by atomic mass is 16.4. The lowest BCUT2D eigenvalue weighted by atomic mass is 10.2. The van der Waals surface area contributed by atoms with E-state index in [1.807, 2.05) is 30.3 Å². The molecule has 2 rings (SSSR count). The van der Waals surface area contributed by atoms with Crippen LogP contribution in [0.1, 0.15) is 15.9 Å². The van der Waals surface area contributed by atoms with Gasteiger partial charge >= 0.3 is 5.97 Å². The number of carboxylic acid groups (broad SMARTS) is 1. The van der Waals surface area contributed by atoms with Crippen LogP contribution in [0.3, 0.4) is 0 Å². The van der Waals surface area contributed by atoms with E-state index in [4.69, 9.17) is 5.11 Å². The highest BCUT2D eigenvalue weighted by Gasteiger charge is 2.12. The zero-order chi connectivity index (χ0) is 15.2. The number of pyridine rings is 1. The molecule has 0 unspecified atom stereocenters. The van der Waals surface area contributed by atoms with E-state index >= 15 is 0 Å². The highest BCUT2D eigenvalue weighted by Crippen LogP contribution is 1.99. The Labute approximate surface area is 120 Å². The zero-order valence-corrected chi connectivity index (χ0v) is 11.2. The second-order valence-electron chi connectivity index (χ2n) is 4.42. The molecule has 1 heterocycles. The van der Waals surface area contributed by atoms with Gasteiger partial charge in [-0.05, 0) is 17.7 Å². The quantitative estimate of drug-likeness (QED) is 0.853. The Morgan fingerprint density at radius 2 is 1.81 bits per heavy atom. The summed E-state index contributed by atoms with van der Waals surface area (Å²) in [4.78, 5) is 34.7. The van der Waals surface area contributed by atoms with Crippen molar-refractivity contribution in [2.45, 2.75) is 13.1 Å². The second kappa shape index (κ2) is 6.51. The summed E-state index contributed by atoms with van der Waals surface area (Å²) >= 11 is 0. The molecule has 0 spiro atoms. The molecule has 0 saturated heterocycles. The first-order chi connectivity index (χ1) is 10.1. The molecule has 2 aromatic rings. The predicted molar refractivity (Wildman–Crippen MR) is 76.0 cm³/mol. The van der Waals surface area contributed by atoms with Crippen LogP contribution in [-0.4, -0.2) is 21.6 Å². The fourth-order valence-corrected chi connectivity index (χ4v) is 1.85. The molecule has 0 fully saturated rings. The van der Waals surface area contributed by atoms with Crippen LogP contribution in [-0.2, 0) is 17.9 Å². The molecule has 0 bridgehead atoms. The van der Waals surface area contributed by atoms with Crippen LogP contribution in [0, 0.1) is 0 Å². The number of aromatic nitrogens is 1. The second-order valence-corrected chi connectivity index (χ2v) is 4.42. The van der Waals surface area contributed by atoms with Crippen molar-refractivity contribution in [2.75, 3.05) is 0 Å². The molecule has 21 heavy (non-hydrogen) atoms. The topological polar surface area (TPSA) is 88.4 Å². The van der Waals surface area contributed by atoms with Crippen LogP contribution in [0.5, 0.6) is 0 Å². The van der Waals surface area contributed by atoms with Crippen molar-refractivity contribution in [1.29, 1.82) is 0 Å². The Kier molecular flexibility index (Phi) is 4.50. The third kappa shape index (κ3) is 3.79. The number of rotatable bonds is 5. The van der Waals surface area contributed by atoms with Crippen molar-refractivity contribution in [1.82, 2.24) is 9.88 Å². The lowest BCUT2D eigenvalue weighted by molar-refractivity contribution is -0.137. The van der Waals surface area contributed by atoms with Crippen molar-refractivity contribution in [3.8, 4) is 0 Å². The number of aliphatic carboxylic acids is 1. The summed E-state index contributed by atoms with van der Waals surface area (Å²) in [7, 11) is 0. The molecule has 6 heteroatoms. The molecule has 6 nitrogen and oxygen atoms in total. The number of amides is 1. The number of nitrogens with one attached hydrogen (secondary N) is 1. The van der Waals surface area contributed by atoms with Gasteiger partial charge in [0.15, 0.2) is 0 Å². The number of carboxylic acids is 1. The van der Waals surface area contributed by atoms with Gasteiger partial charge in [-0.25, -0.2) is 0 Å². The molecule has 0 aliphatic heterocycles. The number of carbonyl (C=O) groups is 2. The van der Waals surface area contributed by atoms with Crippen LogP contribution in [0.2, 0.25) is 0 Å². The summed E-state index contributed by atoms with van der Waals surface area (Å²) < 4.78 is 0.986. The third-order valence-electron chi connectivity index (χ3n) is 2.87. The van der Waals surface area contributed by atoms with E-state index in [0.29, 0.717) is 6.54 Å². The lowest BCUT2D eigenvalue weighted by Crippen LogP contribution is -2.33. The van der Waals surface area contributed by atoms with E-state index in [1.165, 1.54) is 18.3 Å². The zero-order valence-electron chi connectivity index (χ0n) is 11.2. The fourth-order valence-electron chi connectivity index (χ4n) is 1.85. The van der Waals surface area contributed by atoms with Gasteiger partial charge in [-0.3, -0.25) is 14.4 Å². The van der Waals surface area contributed by atoms with Gasteiger partial charge in [0, 0.05) is 12.7 Å². The normalized spacial score (nSPS) is 10.1. The van der Waals surface area contributed by atoms with Gasteiger partial charge in [-0.15, -0.1) is 0 Å². The predicted octanol–water partition coefficient (Wildman–Crippen LogP) is 0.863. The molecule has 108 valence electrons. The number of hydrogen-bond acceptors (Lipinski definition) is 3. The van der Waals surface area contributed by atoms with Gasteiger partial charge in [-0.1, -0.05) is 30.3 Å². The number of nitrogens with zero attached hydrogens (tertiary/aromatic N) is 1. The average Bonchev–Trinajstić information content (AvgIpc) is 2.47. The van der Waals surface area contributed by atoms with Gasteiger partial charge < -0.3 is 15.0 Å². The molecule has 1 amide bonds. The molecule has 2 N–H and O–H groups in total. The molecule has 0 saturated carbocycles. The van der Waals surface area contributed by atoms with Crippen LogP contribution in [0.4, 0.5) is 0 Å². The first-order valence-electron chi connectivity index (χ1n) is 6.31. The Balaban J connectivity index is 2.12. The van der Waals surface area contributed by atoms with Crippen LogP contribution in [0.15, 0.2) is 53.5 Å². The lowest BCUT2D eigenvalue weighted by Gasteiger charge is -2.07. The average molecular weight is 286 g/mol. The maximum atomic E-state index is 12.0. The van der Waals surface area contributed by atoms with E-state index in [9.17, 15) is 14.4 Å². The molecule has 0 aliphatic carbocycles. The number of carbonyl (C=O) groups excluding carboxylic acids is 1. The highest BCUT2D eigenvalue weighted by molar-refractivity contribution is 5.93. The van der Waals surface area contributed by atoms with Crippen molar-refractivity contribution in [3.63, 3.8) is 0 Å². The SMILES string of the molecule is O=C(O)Cn1cccc(C(=O)NCc2ccccc2)c1=O. The molecular formula is C15H14N2O4. The molecule has 1 aromatic carbocycles. The van der Waals surface area contributed by atoms with Gasteiger partial charge in [0.25, 0.3) is 11.5 Å². The Hall–Kier alpha value is -2.89. The molecule has 0 radical (unpaired) electrons. The number of benzene rings is 1. The summed E-state index contributed by atoms with van der Waals surface area (Å²) in [5.41, 5.74) is 0.216. The van der Waals surface area contributed by atoms with E-state index in [2.05, 4.69) is 5.32 Å². The smallest absolute Gasteiger partial charge is 0.323 e. The maximum absolute atomic E-state index is 12.0. The standard InChI is InChI=1S/C15H14N2O4/c18-13(19)10-17-8-4-7-12(15(17)21)14(20)16-9-11-5-2-1-3-6-11/h1-8H,9-10H2,(H,16,20)(H,18,19). The summed E-state index contributed by atoms with van der Waals surface area (Å²) in [5, 5.41) is 11.3. The molecular weight excluding hydrogens is 272 g/mol. The summed E-state index contributed by atoms with van der Waals surface area (Å²) in [6.45, 7) is -0.175. The minimum Gasteiger partial charge on any atom is -0.480 e. The Bertz CT molecular complexity index is 707. The van der Waals surface area contributed by atoms with Crippen molar-refractivity contribution >= 4 is 11.9 Å². The molecule has 1 aromatic heterocycles. The first-order valence-corrected chi connectivity index (χ1v) is 6.31. The minimum absolute atomic E-state index is 0.0744. The van der Waals surface area contributed by atoms with Crippen LogP contribution >= 0.6 is 0 Å². The third-order valence-corrected chi connectivity index (χ3v) is 2.87. The van der Waals surface area contributed by atoms with Crippen molar-refractivity contribution < 1.29 is 14.7 Å². The Morgan fingerprint density at radius 1 is 1.10 bits per heavy atom. The largest absolute Gasteiger partial charge is 0.480 e. The van der Waals surface area contributed by atoms with Crippen molar-refractivity contribution in [3.05, 3.63) is 70.1 Å². The van der Waals surface area contributed by atoms with Crippen LogP contribution in [0.25, 0.3) is 0 Å². The summed E-state index contributed by atoms with van der Waals surface area (Å²) in [6.07, 6.45) is 1.34. The number of hydrogen-bond donors (Lipinski definition) is 2. The molecule has 0 aliphatic rings. The monoisotopic (exact) mass is 286 g/mol. The minimum atomic E-state index is -1.14.